The lowest BCUT2D eigenvalue weighted by molar-refractivity contribution is 0.0642. The van der Waals surface area contributed by atoms with E-state index in [2.05, 4.69) is 0 Å². The molecule has 1 fully saturated rings. The fourth-order valence-electron chi connectivity index (χ4n) is 2.00. The van der Waals surface area contributed by atoms with Crippen LogP contribution in [0.15, 0.2) is 18.2 Å². The Bertz CT molecular complexity index is 392. The Morgan fingerprint density at radius 3 is 2.88 bits per heavy atom. The number of methoxy groups -OCH3 is 1. The Kier molecular flexibility index (Phi) is 3.25. The Morgan fingerprint density at radius 1 is 1.50 bits per heavy atom. The van der Waals surface area contributed by atoms with Crippen molar-refractivity contribution in [3.8, 4) is 5.75 Å². The van der Waals surface area contributed by atoms with E-state index in [1.54, 1.807) is 7.11 Å². The molecule has 0 radical (unpaired) electrons. The smallest absolute Gasteiger partial charge is 0.191 e. The number of aryl methyl sites for hydroxylation is 1. The molecule has 16 heavy (non-hydrogen) atoms. The average Bonchev–Trinajstić information content (AvgIpc) is 2.81. The third-order valence-corrected chi connectivity index (χ3v) is 2.92. The Morgan fingerprint density at radius 2 is 2.31 bits per heavy atom. The Labute approximate surface area is 95.4 Å². The molecule has 0 aromatic heterocycles. The average molecular weight is 220 g/mol. The van der Waals surface area contributed by atoms with E-state index in [9.17, 15) is 4.79 Å². The molecule has 1 atom stereocenters. The van der Waals surface area contributed by atoms with Gasteiger partial charge in [0.25, 0.3) is 0 Å². The minimum atomic E-state index is -0.243. The van der Waals surface area contributed by atoms with Gasteiger partial charge in [0.05, 0.1) is 7.11 Å². The van der Waals surface area contributed by atoms with Crippen LogP contribution in [0.25, 0.3) is 0 Å². The highest BCUT2D eigenvalue weighted by atomic mass is 16.5. The van der Waals surface area contributed by atoms with Crippen LogP contribution in [-0.4, -0.2) is 25.6 Å². The summed E-state index contributed by atoms with van der Waals surface area (Å²) in [6, 6.07) is 5.51. The molecule has 1 aromatic carbocycles. The number of Topliss-reactive ketones (excluding diaryl/α,β-unsaturated/α-hetero) is 1. The zero-order valence-corrected chi connectivity index (χ0v) is 9.66. The van der Waals surface area contributed by atoms with Crippen molar-refractivity contribution in [3.05, 3.63) is 29.3 Å². The molecule has 3 heteroatoms. The molecule has 1 aliphatic heterocycles. The minimum Gasteiger partial charge on any atom is -0.497 e. The first kappa shape index (κ1) is 11.1. The SMILES string of the molecule is COc1ccc(C(=O)C2CCCO2)c(C)c1. The van der Waals surface area contributed by atoms with Gasteiger partial charge in [-0.1, -0.05) is 0 Å². The number of benzene rings is 1. The summed E-state index contributed by atoms with van der Waals surface area (Å²) in [5, 5.41) is 0. The molecule has 0 saturated carbocycles. The van der Waals surface area contributed by atoms with Crippen molar-refractivity contribution in [1.29, 1.82) is 0 Å². The van der Waals surface area contributed by atoms with Gasteiger partial charge < -0.3 is 9.47 Å². The largest absolute Gasteiger partial charge is 0.497 e. The van der Waals surface area contributed by atoms with E-state index in [1.807, 2.05) is 25.1 Å². The van der Waals surface area contributed by atoms with E-state index in [4.69, 9.17) is 9.47 Å². The number of carbonyl (C=O) groups excluding carboxylic acids is 1. The molecule has 3 nitrogen and oxygen atoms in total. The van der Waals surface area contributed by atoms with Gasteiger partial charge in [0, 0.05) is 12.2 Å². The predicted molar refractivity (Wildman–Crippen MR) is 61.0 cm³/mol. The van der Waals surface area contributed by atoms with E-state index in [0.29, 0.717) is 6.61 Å². The third kappa shape index (κ3) is 2.09. The minimum absolute atomic E-state index is 0.0950. The molecule has 0 spiro atoms. The number of ketones is 1. The van der Waals surface area contributed by atoms with Gasteiger partial charge in [-0.15, -0.1) is 0 Å². The molecular formula is C13H16O3. The van der Waals surface area contributed by atoms with Crippen LogP contribution in [-0.2, 0) is 4.74 Å². The number of ether oxygens (including phenoxy) is 2. The Balaban J connectivity index is 2.22. The maximum absolute atomic E-state index is 12.1. The normalized spacial score (nSPS) is 19.8. The highest BCUT2D eigenvalue weighted by Crippen LogP contribution is 2.22. The van der Waals surface area contributed by atoms with Gasteiger partial charge in [0.1, 0.15) is 11.9 Å². The van der Waals surface area contributed by atoms with Gasteiger partial charge in [-0.05, 0) is 43.5 Å². The predicted octanol–water partition coefficient (Wildman–Crippen LogP) is 2.37. The van der Waals surface area contributed by atoms with Crippen LogP contribution in [0.1, 0.15) is 28.8 Å². The second-order valence-electron chi connectivity index (χ2n) is 4.05. The summed E-state index contributed by atoms with van der Waals surface area (Å²) in [6.07, 6.45) is 1.57. The first-order valence-electron chi connectivity index (χ1n) is 5.53. The zero-order valence-electron chi connectivity index (χ0n) is 9.66. The summed E-state index contributed by atoms with van der Waals surface area (Å²) in [5.41, 5.74) is 1.69. The zero-order chi connectivity index (χ0) is 11.5. The van der Waals surface area contributed by atoms with Gasteiger partial charge in [0.15, 0.2) is 5.78 Å². The molecule has 0 amide bonds. The third-order valence-electron chi connectivity index (χ3n) is 2.92. The highest BCUT2D eigenvalue weighted by Gasteiger charge is 2.25. The number of hydrogen-bond acceptors (Lipinski definition) is 3. The molecule has 2 rings (SSSR count). The first-order valence-corrected chi connectivity index (χ1v) is 5.53. The molecule has 1 unspecified atom stereocenters. The van der Waals surface area contributed by atoms with Crippen molar-refractivity contribution in [2.75, 3.05) is 13.7 Å². The van der Waals surface area contributed by atoms with E-state index < -0.39 is 0 Å². The lowest BCUT2D eigenvalue weighted by Crippen LogP contribution is -2.20. The van der Waals surface area contributed by atoms with Crippen molar-refractivity contribution < 1.29 is 14.3 Å². The van der Waals surface area contributed by atoms with E-state index in [-0.39, 0.29) is 11.9 Å². The fourth-order valence-corrected chi connectivity index (χ4v) is 2.00. The number of rotatable bonds is 3. The summed E-state index contributed by atoms with van der Waals surface area (Å²) in [4.78, 5) is 12.1. The van der Waals surface area contributed by atoms with E-state index in [1.165, 1.54) is 0 Å². The quantitative estimate of drug-likeness (QED) is 0.733. The van der Waals surface area contributed by atoms with Crippen LogP contribution in [0.2, 0.25) is 0 Å². The van der Waals surface area contributed by atoms with Gasteiger partial charge in [-0.3, -0.25) is 4.79 Å². The second-order valence-corrected chi connectivity index (χ2v) is 4.05. The summed E-state index contributed by atoms with van der Waals surface area (Å²) in [5.74, 6) is 0.874. The van der Waals surface area contributed by atoms with Crippen molar-refractivity contribution in [3.63, 3.8) is 0 Å². The maximum Gasteiger partial charge on any atom is 0.191 e. The van der Waals surface area contributed by atoms with Crippen LogP contribution in [0, 0.1) is 6.92 Å². The first-order chi connectivity index (χ1) is 7.72. The molecule has 0 bridgehead atoms. The van der Waals surface area contributed by atoms with Crippen LogP contribution in [0.3, 0.4) is 0 Å². The number of hydrogen-bond donors (Lipinski definition) is 0. The van der Waals surface area contributed by atoms with Crippen LogP contribution in [0.5, 0.6) is 5.75 Å². The molecule has 86 valence electrons. The maximum atomic E-state index is 12.1. The second kappa shape index (κ2) is 4.66. The molecular weight excluding hydrogens is 204 g/mol. The monoisotopic (exact) mass is 220 g/mol. The lowest BCUT2D eigenvalue weighted by atomic mass is 9.99. The van der Waals surface area contributed by atoms with Crippen molar-refractivity contribution in [2.24, 2.45) is 0 Å². The van der Waals surface area contributed by atoms with Gasteiger partial charge in [0.2, 0.25) is 0 Å². The topological polar surface area (TPSA) is 35.5 Å². The molecule has 0 aliphatic carbocycles. The molecule has 0 N–H and O–H groups in total. The van der Waals surface area contributed by atoms with Crippen molar-refractivity contribution >= 4 is 5.78 Å². The summed E-state index contributed by atoms with van der Waals surface area (Å²) < 4.78 is 10.5. The Hall–Kier alpha value is -1.35. The van der Waals surface area contributed by atoms with Crippen LogP contribution >= 0.6 is 0 Å². The van der Waals surface area contributed by atoms with Crippen molar-refractivity contribution in [1.82, 2.24) is 0 Å². The van der Waals surface area contributed by atoms with Gasteiger partial charge in [-0.25, -0.2) is 0 Å². The molecule has 1 aliphatic rings. The summed E-state index contributed by atoms with van der Waals surface area (Å²) in [6.45, 7) is 2.62. The molecule has 1 heterocycles. The molecule has 1 aromatic rings. The number of carbonyl (C=O) groups is 1. The van der Waals surface area contributed by atoms with Crippen molar-refractivity contribution in [2.45, 2.75) is 25.9 Å². The van der Waals surface area contributed by atoms with E-state index in [0.717, 1.165) is 29.7 Å². The van der Waals surface area contributed by atoms with Gasteiger partial charge >= 0.3 is 0 Å². The van der Waals surface area contributed by atoms with Crippen LogP contribution in [0.4, 0.5) is 0 Å². The lowest BCUT2D eigenvalue weighted by Gasteiger charge is -2.11. The highest BCUT2D eigenvalue weighted by molar-refractivity contribution is 6.00. The molecule has 1 saturated heterocycles. The van der Waals surface area contributed by atoms with E-state index >= 15 is 0 Å². The standard InChI is InChI=1S/C13H16O3/c1-9-8-10(15-2)5-6-11(9)13(14)12-4-3-7-16-12/h5-6,8,12H,3-4,7H2,1-2H3. The van der Waals surface area contributed by atoms with Gasteiger partial charge in [-0.2, -0.15) is 0 Å². The fraction of sp³-hybridized carbons (Fsp3) is 0.462. The summed E-state index contributed by atoms with van der Waals surface area (Å²) >= 11 is 0. The van der Waals surface area contributed by atoms with Crippen LogP contribution < -0.4 is 4.74 Å². The summed E-state index contributed by atoms with van der Waals surface area (Å²) in [7, 11) is 1.62.